The fourth-order valence-corrected chi connectivity index (χ4v) is 2.67. The number of rotatable bonds is 5. The minimum atomic E-state index is -0.870. The molecule has 1 aromatic carbocycles. The maximum atomic E-state index is 12.7. The predicted octanol–water partition coefficient (Wildman–Crippen LogP) is 2.80. The summed E-state index contributed by atoms with van der Waals surface area (Å²) >= 11 is 0. The van der Waals surface area contributed by atoms with E-state index in [1.54, 1.807) is 11.8 Å². The summed E-state index contributed by atoms with van der Waals surface area (Å²) in [4.78, 5) is 28.7. The van der Waals surface area contributed by atoms with Crippen LogP contribution in [0.5, 0.6) is 0 Å². The van der Waals surface area contributed by atoms with E-state index in [0.29, 0.717) is 5.69 Å². The highest BCUT2D eigenvalue weighted by Gasteiger charge is 2.35. The van der Waals surface area contributed by atoms with E-state index < -0.39 is 11.9 Å². The van der Waals surface area contributed by atoms with Crippen molar-refractivity contribution in [3.05, 3.63) is 35.5 Å². The first-order valence-electron chi connectivity index (χ1n) is 7.59. The van der Waals surface area contributed by atoms with Gasteiger partial charge in [0.1, 0.15) is 5.69 Å². The average Bonchev–Trinajstić information content (AvgIpc) is 3.22. The van der Waals surface area contributed by atoms with Crippen LogP contribution in [0.15, 0.2) is 24.3 Å². The fourth-order valence-electron chi connectivity index (χ4n) is 2.67. The van der Waals surface area contributed by atoms with Gasteiger partial charge in [-0.15, -0.1) is 0 Å². The minimum Gasteiger partial charge on any atom is -0.481 e. The summed E-state index contributed by atoms with van der Waals surface area (Å²) in [6.45, 7) is 3.90. The Morgan fingerprint density at radius 3 is 2.73 bits per heavy atom. The molecule has 0 spiro atoms. The van der Waals surface area contributed by atoms with Gasteiger partial charge in [-0.3, -0.25) is 9.59 Å². The third-order valence-electron chi connectivity index (χ3n) is 4.15. The predicted molar refractivity (Wildman–Crippen MR) is 83.9 cm³/mol. The van der Waals surface area contributed by atoms with Gasteiger partial charge < -0.3 is 15.0 Å². The molecule has 3 rings (SSSR count). The third-order valence-corrected chi connectivity index (χ3v) is 4.15. The molecule has 116 valence electrons. The monoisotopic (exact) mass is 300 g/mol. The number of fused-ring (bicyclic) bond motifs is 1. The number of aromatic nitrogens is 1. The Morgan fingerprint density at radius 1 is 1.36 bits per heavy atom. The van der Waals surface area contributed by atoms with E-state index in [1.807, 2.05) is 31.2 Å². The van der Waals surface area contributed by atoms with Crippen LogP contribution in [-0.4, -0.2) is 39.5 Å². The number of H-pyrrole nitrogens is 1. The zero-order valence-corrected chi connectivity index (χ0v) is 12.8. The summed E-state index contributed by atoms with van der Waals surface area (Å²) in [7, 11) is 0. The first kappa shape index (κ1) is 14.6. The highest BCUT2D eigenvalue weighted by molar-refractivity contribution is 5.98. The van der Waals surface area contributed by atoms with E-state index in [0.717, 1.165) is 29.3 Å². The van der Waals surface area contributed by atoms with Crippen molar-refractivity contribution < 1.29 is 14.7 Å². The first-order valence-corrected chi connectivity index (χ1v) is 7.59. The Labute approximate surface area is 128 Å². The van der Waals surface area contributed by atoms with Crippen molar-refractivity contribution in [3.63, 3.8) is 0 Å². The molecule has 2 N–H and O–H groups in total. The number of nitrogens with zero attached hydrogens (tertiary/aromatic N) is 1. The van der Waals surface area contributed by atoms with Gasteiger partial charge >= 0.3 is 5.97 Å². The van der Waals surface area contributed by atoms with Crippen molar-refractivity contribution in [2.24, 2.45) is 5.92 Å². The van der Waals surface area contributed by atoms with Gasteiger partial charge in [-0.25, -0.2) is 0 Å². The van der Waals surface area contributed by atoms with Crippen LogP contribution in [-0.2, 0) is 4.79 Å². The zero-order valence-electron chi connectivity index (χ0n) is 12.8. The Bertz CT molecular complexity index is 731. The zero-order chi connectivity index (χ0) is 15.9. The van der Waals surface area contributed by atoms with Gasteiger partial charge in [-0.05, 0) is 37.5 Å². The average molecular weight is 300 g/mol. The SMILES string of the molecule is Cc1ccc2cc(C(=O)N(CC(C)C(=O)O)C3CC3)[nH]c2c1. The lowest BCUT2D eigenvalue weighted by Crippen LogP contribution is -2.38. The number of hydrogen-bond acceptors (Lipinski definition) is 2. The quantitative estimate of drug-likeness (QED) is 0.891. The third kappa shape index (κ3) is 2.84. The van der Waals surface area contributed by atoms with E-state index in [9.17, 15) is 9.59 Å². The van der Waals surface area contributed by atoms with Gasteiger partial charge in [0.2, 0.25) is 0 Å². The molecule has 1 aliphatic rings. The molecule has 0 bridgehead atoms. The minimum absolute atomic E-state index is 0.107. The van der Waals surface area contributed by atoms with E-state index >= 15 is 0 Å². The Balaban J connectivity index is 1.86. The number of aromatic amines is 1. The summed E-state index contributed by atoms with van der Waals surface area (Å²) in [5.41, 5.74) is 2.60. The fraction of sp³-hybridized carbons (Fsp3) is 0.412. The lowest BCUT2D eigenvalue weighted by molar-refractivity contribution is -0.141. The van der Waals surface area contributed by atoms with E-state index in [-0.39, 0.29) is 18.5 Å². The molecular formula is C17H20N2O3. The maximum absolute atomic E-state index is 12.7. The number of aryl methyl sites for hydroxylation is 1. The molecule has 1 aromatic heterocycles. The van der Waals surface area contributed by atoms with Gasteiger partial charge in [0.25, 0.3) is 5.91 Å². The highest BCUT2D eigenvalue weighted by Crippen LogP contribution is 2.29. The molecule has 1 amide bonds. The molecule has 1 heterocycles. The van der Waals surface area contributed by atoms with E-state index in [4.69, 9.17) is 5.11 Å². The summed E-state index contributed by atoms with van der Waals surface area (Å²) in [5.74, 6) is -1.54. The van der Waals surface area contributed by atoms with Crippen LogP contribution in [0.2, 0.25) is 0 Å². The van der Waals surface area contributed by atoms with Crippen molar-refractivity contribution in [1.82, 2.24) is 9.88 Å². The molecule has 0 radical (unpaired) electrons. The second-order valence-electron chi connectivity index (χ2n) is 6.20. The van der Waals surface area contributed by atoms with Crippen LogP contribution in [0.3, 0.4) is 0 Å². The summed E-state index contributed by atoms with van der Waals surface area (Å²) in [6, 6.07) is 8.03. The molecule has 0 saturated heterocycles. The number of aliphatic carboxylic acids is 1. The highest BCUT2D eigenvalue weighted by atomic mass is 16.4. The van der Waals surface area contributed by atoms with Crippen LogP contribution >= 0.6 is 0 Å². The number of carbonyl (C=O) groups excluding carboxylic acids is 1. The molecule has 22 heavy (non-hydrogen) atoms. The van der Waals surface area contributed by atoms with Crippen molar-refractivity contribution in [3.8, 4) is 0 Å². The number of nitrogens with one attached hydrogen (secondary N) is 1. The van der Waals surface area contributed by atoms with Gasteiger partial charge in [0.15, 0.2) is 0 Å². The molecule has 1 saturated carbocycles. The Kier molecular flexibility index (Phi) is 3.64. The normalized spacial score (nSPS) is 15.7. The largest absolute Gasteiger partial charge is 0.481 e. The molecule has 5 nitrogen and oxygen atoms in total. The second kappa shape index (κ2) is 5.48. The number of carbonyl (C=O) groups is 2. The molecule has 2 aromatic rings. The Morgan fingerprint density at radius 2 is 2.09 bits per heavy atom. The smallest absolute Gasteiger partial charge is 0.308 e. The number of benzene rings is 1. The van der Waals surface area contributed by atoms with Gasteiger partial charge in [-0.1, -0.05) is 19.1 Å². The summed E-state index contributed by atoms with van der Waals surface area (Å²) in [6.07, 6.45) is 1.91. The van der Waals surface area contributed by atoms with Crippen molar-refractivity contribution in [2.75, 3.05) is 6.54 Å². The van der Waals surface area contributed by atoms with Crippen LogP contribution in [0.1, 0.15) is 35.8 Å². The molecule has 1 atom stereocenters. The van der Waals surface area contributed by atoms with Crippen molar-refractivity contribution in [2.45, 2.75) is 32.7 Å². The summed E-state index contributed by atoms with van der Waals surface area (Å²) < 4.78 is 0. The van der Waals surface area contributed by atoms with Gasteiger partial charge in [0, 0.05) is 23.5 Å². The molecule has 0 aliphatic heterocycles. The first-order chi connectivity index (χ1) is 10.5. The van der Waals surface area contributed by atoms with E-state index in [2.05, 4.69) is 4.98 Å². The number of hydrogen-bond donors (Lipinski definition) is 2. The lowest BCUT2D eigenvalue weighted by atomic mass is 10.1. The topological polar surface area (TPSA) is 73.4 Å². The van der Waals surface area contributed by atoms with Crippen LogP contribution < -0.4 is 0 Å². The molecular weight excluding hydrogens is 280 g/mol. The molecule has 1 aliphatic carbocycles. The Hall–Kier alpha value is -2.30. The van der Waals surface area contributed by atoms with Gasteiger partial charge in [0.05, 0.1) is 5.92 Å². The summed E-state index contributed by atoms with van der Waals surface area (Å²) in [5, 5.41) is 10.1. The molecule has 1 unspecified atom stereocenters. The number of carboxylic acid groups (broad SMARTS) is 1. The number of amides is 1. The van der Waals surface area contributed by atoms with Gasteiger partial charge in [-0.2, -0.15) is 0 Å². The van der Waals surface area contributed by atoms with Crippen molar-refractivity contribution >= 4 is 22.8 Å². The standard InChI is InChI=1S/C17H20N2O3/c1-10-3-4-12-8-15(18-14(12)7-10)16(20)19(13-5-6-13)9-11(2)17(21)22/h3-4,7-8,11,13,18H,5-6,9H2,1-2H3,(H,21,22). The molecule has 1 fully saturated rings. The number of carboxylic acids is 1. The van der Waals surface area contributed by atoms with Crippen LogP contribution in [0, 0.1) is 12.8 Å². The van der Waals surface area contributed by atoms with Crippen LogP contribution in [0.4, 0.5) is 0 Å². The van der Waals surface area contributed by atoms with Crippen molar-refractivity contribution in [1.29, 1.82) is 0 Å². The molecule has 5 heteroatoms. The maximum Gasteiger partial charge on any atom is 0.308 e. The van der Waals surface area contributed by atoms with E-state index in [1.165, 1.54) is 0 Å². The lowest BCUT2D eigenvalue weighted by Gasteiger charge is -2.23. The van der Waals surface area contributed by atoms with Crippen LogP contribution in [0.25, 0.3) is 10.9 Å². The second-order valence-corrected chi connectivity index (χ2v) is 6.20.